The number of carbonyl (C=O) groups is 1. The molecule has 0 unspecified atom stereocenters. The van der Waals surface area contributed by atoms with E-state index in [1.165, 1.54) is 0 Å². The predicted molar refractivity (Wildman–Crippen MR) is 105 cm³/mol. The summed E-state index contributed by atoms with van der Waals surface area (Å²) >= 11 is 0. The molecular formula is C21H29N3O2. The number of benzene rings is 1. The first-order valence-corrected chi connectivity index (χ1v) is 9.01. The topological polar surface area (TPSA) is 47.4 Å². The molecule has 2 rings (SSSR count). The average molecular weight is 355 g/mol. The van der Waals surface area contributed by atoms with E-state index in [0.717, 1.165) is 22.6 Å². The highest BCUT2D eigenvalue weighted by Crippen LogP contribution is 2.19. The van der Waals surface area contributed by atoms with Gasteiger partial charge in [-0.15, -0.1) is 0 Å². The number of aromatic nitrogens is 2. The van der Waals surface area contributed by atoms with Crippen molar-refractivity contribution in [3.8, 4) is 5.69 Å². The Morgan fingerprint density at radius 2 is 1.96 bits per heavy atom. The van der Waals surface area contributed by atoms with E-state index in [9.17, 15) is 4.79 Å². The molecule has 0 fully saturated rings. The highest BCUT2D eigenvalue weighted by atomic mass is 16.5. The molecule has 1 heterocycles. The minimum Gasteiger partial charge on any atom is -0.383 e. The Kier molecular flexibility index (Phi) is 7.16. The van der Waals surface area contributed by atoms with Gasteiger partial charge in [-0.2, -0.15) is 5.10 Å². The fourth-order valence-corrected chi connectivity index (χ4v) is 2.91. The fraction of sp³-hybridized carbons (Fsp3) is 0.429. The molecule has 5 heteroatoms. The lowest BCUT2D eigenvalue weighted by Gasteiger charge is -2.22. The Labute approximate surface area is 156 Å². The maximum atomic E-state index is 12.6. The largest absolute Gasteiger partial charge is 0.383 e. The second-order valence-corrected chi connectivity index (χ2v) is 6.84. The van der Waals surface area contributed by atoms with Gasteiger partial charge in [-0.25, -0.2) is 4.68 Å². The molecule has 0 atom stereocenters. The number of amides is 1. The molecule has 0 aliphatic carbocycles. The van der Waals surface area contributed by atoms with Crippen LogP contribution in [0.3, 0.4) is 0 Å². The summed E-state index contributed by atoms with van der Waals surface area (Å²) in [6, 6.07) is 10.0. The Morgan fingerprint density at radius 3 is 2.58 bits per heavy atom. The lowest BCUT2D eigenvalue weighted by atomic mass is 10.1. The third-order valence-corrected chi connectivity index (χ3v) is 4.20. The number of ether oxygens (including phenoxy) is 1. The second-order valence-electron chi connectivity index (χ2n) is 6.84. The lowest BCUT2D eigenvalue weighted by Crippen LogP contribution is -2.35. The predicted octanol–water partition coefficient (Wildman–Crippen LogP) is 3.63. The van der Waals surface area contributed by atoms with E-state index >= 15 is 0 Å². The van der Waals surface area contributed by atoms with Crippen LogP contribution >= 0.6 is 0 Å². The molecule has 0 aliphatic rings. The molecule has 1 amide bonds. The molecule has 0 N–H and O–H groups in total. The highest BCUT2D eigenvalue weighted by Gasteiger charge is 2.14. The first-order valence-electron chi connectivity index (χ1n) is 9.01. The van der Waals surface area contributed by atoms with E-state index in [1.54, 1.807) is 13.2 Å². The van der Waals surface area contributed by atoms with E-state index in [0.29, 0.717) is 25.6 Å². The third-order valence-electron chi connectivity index (χ3n) is 4.20. The van der Waals surface area contributed by atoms with Crippen molar-refractivity contribution in [2.45, 2.75) is 27.7 Å². The summed E-state index contributed by atoms with van der Waals surface area (Å²) in [7, 11) is 1.65. The maximum Gasteiger partial charge on any atom is 0.246 e. The van der Waals surface area contributed by atoms with Crippen molar-refractivity contribution in [1.29, 1.82) is 0 Å². The minimum atomic E-state index is 0.00186. The van der Waals surface area contributed by atoms with Gasteiger partial charge in [-0.05, 0) is 38.0 Å². The van der Waals surface area contributed by atoms with Gasteiger partial charge in [0.1, 0.15) is 0 Å². The number of rotatable bonds is 8. The van der Waals surface area contributed by atoms with E-state index < -0.39 is 0 Å². The molecule has 0 saturated carbocycles. The van der Waals surface area contributed by atoms with Crippen LogP contribution in [-0.2, 0) is 9.53 Å². The molecule has 140 valence electrons. The molecule has 0 bridgehead atoms. The lowest BCUT2D eigenvalue weighted by molar-refractivity contribution is -0.127. The first kappa shape index (κ1) is 19.9. The summed E-state index contributed by atoms with van der Waals surface area (Å²) in [5.41, 5.74) is 3.92. The number of hydrogen-bond acceptors (Lipinski definition) is 3. The van der Waals surface area contributed by atoms with Gasteiger partial charge in [0, 0.05) is 37.5 Å². The minimum absolute atomic E-state index is 0.00186. The maximum absolute atomic E-state index is 12.6. The number of para-hydroxylation sites is 1. The molecule has 0 radical (unpaired) electrons. The SMILES string of the molecule is COCCN(CC(C)C)C(=O)/C=C/c1c(C)nn(-c2ccccc2)c1C. The molecule has 26 heavy (non-hydrogen) atoms. The zero-order chi connectivity index (χ0) is 19.1. The quantitative estimate of drug-likeness (QED) is 0.679. The van der Waals surface area contributed by atoms with Crippen LogP contribution in [0.1, 0.15) is 30.8 Å². The average Bonchev–Trinajstić information content (AvgIpc) is 2.91. The number of carbonyl (C=O) groups excluding carboxylic acids is 1. The van der Waals surface area contributed by atoms with Crippen LogP contribution in [0.5, 0.6) is 0 Å². The molecule has 1 aromatic carbocycles. The second kappa shape index (κ2) is 9.34. The van der Waals surface area contributed by atoms with Crippen molar-refractivity contribution in [3.05, 3.63) is 53.4 Å². The molecule has 5 nitrogen and oxygen atoms in total. The van der Waals surface area contributed by atoms with Crippen LogP contribution in [-0.4, -0.2) is 47.4 Å². The van der Waals surface area contributed by atoms with Gasteiger partial charge in [0.15, 0.2) is 0 Å². The number of hydrogen-bond donors (Lipinski definition) is 0. The van der Waals surface area contributed by atoms with Crippen LogP contribution in [0.15, 0.2) is 36.4 Å². The Hall–Kier alpha value is -2.40. The van der Waals surface area contributed by atoms with Crippen LogP contribution in [0, 0.1) is 19.8 Å². The molecule has 1 aromatic heterocycles. The summed E-state index contributed by atoms with van der Waals surface area (Å²) in [6.45, 7) is 10.1. The van der Waals surface area contributed by atoms with Crippen molar-refractivity contribution in [2.24, 2.45) is 5.92 Å². The number of aryl methyl sites for hydroxylation is 1. The summed E-state index contributed by atoms with van der Waals surface area (Å²) in [5.74, 6) is 0.413. The highest BCUT2D eigenvalue weighted by molar-refractivity contribution is 5.92. The van der Waals surface area contributed by atoms with Crippen molar-refractivity contribution < 1.29 is 9.53 Å². The van der Waals surface area contributed by atoms with Gasteiger partial charge in [-0.1, -0.05) is 32.0 Å². The van der Waals surface area contributed by atoms with Crippen molar-refractivity contribution >= 4 is 12.0 Å². The normalized spacial score (nSPS) is 11.5. The van der Waals surface area contributed by atoms with Gasteiger partial charge in [0.2, 0.25) is 5.91 Å². The monoisotopic (exact) mass is 355 g/mol. The van der Waals surface area contributed by atoms with Gasteiger partial charge >= 0.3 is 0 Å². The van der Waals surface area contributed by atoms with E-state index in [2.05, 4.69) is 18.9 Å². The van der Waals surface area contributed by atoms with Crippen molar-refractivity contribution in [1.82, 2.24) is 14.7 Å². The van der Waals surface area contributed by atoms with Crippen LogP contribution in [0.4, 0.5) is 0 Å². The van der Waals surface area contributed by atoms with Crippen molar-refractivity contribution in [2.75, 3.05) is 26.8 Å². The first-order chi connectivity index (χ1) is 12.4. The van der Waals surface area contributed by atoms with Gasteiger partial charge in [0.05, 0.1) is 18.0 Å². The van der Waals surface area contributed by atoms with E-state index in [-0.39, 0.29) is 5.91 Å². The van der Waals surface area contributed by atoms with Crippen LogP contribution in [0.25, 0.3) is 11.8 Å². The summed E-state index contributed by atoms with van der Waals surface area (Å²) in [6.07, 6.45) is 3.52. The van der Waals surface area contributed by atoms with E-state index in [1.807, 2.05) is 59.8 Å². The summed E-state index contributed by atoms with van der Waals surface area (Å²) in [5, 5.41) is 4.62. The smallest absolute Gasteiger partial charge is 0.246 e. The molecule has 0 saturated heterocycles. The number of methoxy groups -OCH3 is 1. The Morgan fingerprint density at radius 1 is 1.27 bits per heavy atom. The van der Waals surface area contributed by atoms with Gasteiger partial charge < -0.3 is 9.64 Å². The van der Waals surface area contributed by atoms with Gasteiger partial charge in [-0.3, -0.25) is 4.79 Å². The molecule has 0 aliphatic heterocycles. The molecule has 2 aromatic rings. The third kappa shape index (κ3) is 5.05. The zero-order valence-corrected chi connectivity index (χ0v) is 16.4. The Bertz CT molecular complexity index is 748. The Balaban J connectivity index is 2.21. The molecule has 0 spiro atoms. The summed E-state index contributed by atoms with van der Waals surface area (Å²) < 4.78 is 7.04. The standard InChI is InChI=1S/C21H29N3O2/c1-16(2)15-23(13-14-26-5)21(25)12-11-20-17(3)22-24(18(20)4)19-9-7-6-8-10-19/h6-12,16H,13-15H2,1-5H3/b12-11+. The van der Waals surface area contributed by atoms with E-state index in [4.69, 9.17) is 4.74 Å². The van der Waals surface area contributed by atoms with Crippen LogP contribution < -0.4 is 0 Å². The summed E-state index contributed by atoms with van der Waals surface area (Å²) in [4.78, 5) is 14.4. The number of nitrogens with zero attached hydrogens (tertiary/aromatic N) is 3. The molecular weight excluding hydrogens is 326 g/mol. The van der Waals surface area contributed by atoms with Gasteiger partial charge in [0.25, 0.3) is 0 Å². The van der Waals surface area contributed by atoms with Crippen molar-refractivity contribution in [3.63, 3.8) is 0 Å². The zero-order valence-electron chi connectivity index (χ0n) is 16.4. The van der Waals surface area contributed by atoms with Crippen LogP contribution in [0.2, 0.25) is 0 Å². The fourth-order valence-electron chi connectivity index (χ4n) is 2.91.